The Labute approximate surface area is 124 Å². The second-order valence-corrected chi connectivity index (χ2v) is 5.35. The van der Waals surface area contributed by atoms with E-state index in [1.165, 1.54) is 0 Å². The molecular weight excluding hydrogens is 349 g/mol. The second kappa shape index (κ2) is 5.09. The fourth-order valence-corrected chi connectivity index (χ4v) is 2.72. The first-order valence-electron chi connectivity index (χ1n) is 5.90. The predicted molar refractivity (Wildman–Crippen MR) is 84.3 cm³/mol. The molecular formula is C16H10INO. The summed E-state index contributed by atoms with van der Waals surface area (Å²) in [4.78, 5) is 16.9. The van der Waals surface area contributed by atoms with Crippen molar-refractivity contribution in [1.29, 1.82) is 0 Å². The zero-order chi connectivity index (χ0) is 13.2. The van der Waals surface area contributed by atoms with E-state index < -0.39 is 0 Å². The molecule has 0 N–H and O–H groups in total. The lowest BCUT2D eigenvalue weighted by molar-refractivity contribution is 0.103. The van der Waals surface area contributed by atoms with Gasteiger partial charge in [-0.15, -0.1) is 0 Å². The van der Waals surface area contributed by atoms with Crippen LogP contribution in [0.5, 0.6) is 0 Å². The van der Waals surface area contributed by atoms with E-state index >= 15 is 0 Å². The van der Waals surface area contributed by atoms with Crippen LogP contribution in [-0.2, 0) is 0 Å². The zero-order valence-corrected chi connectivity index (χ0v) is 12.2. The molecule has 0 spiro atoms. The number of para-hydroxylation sites is 1. The van der Waals surface area contributed by atoms with Crippen LogP contribution in [0.3, 0.4) is 0 Å². The van der Waals surface area contributed by atoms with Crippen molar-refractivity contribution in [2.45, 2.75) is 0 Å². The number of fused-ring (bicyclic) bond motifs is 1. The predicted octanol–water partition coefficient (Wildman–Crippen LogP) is 4.07. The number of benzene rings is 2. The summed E-state index contributed by atoms with van der Waals surface area (Å²) in [6, 6.07) is 17.1. The molecule has 0 unspecified atom stereocenters. The van der Waals surface area contributed by atoms with Crippen LogP contribution in [0.2, 0.25) is 0 Å². The van der Waals surface area contributed by atoms with Gasteiger partial charge in [0.25, 0.3) is 0 Å². The van der Waals surface area contributed by atoms with Crippen LogP contribution in [0.15, 0.2) is 60.8 Å². The van der Waals surface area contributed by atoms with Crippen LogP contribution >= 0.6 is 22.6 Å². The Morgan fingerprint density at radius 1 is 0.895 bits per heavy atom. The Morgan fingerprint density at radius 2 is 1.63 bits per heavy atom. The molecule has 0 amide bonds. The van der Waals surface area contributed by atoms with E-state index in [9.17, 15) is 4.79 Å². The summed E-state index contributed by atoms with van der Waals surface area (Å²) >= 11 is 2.19. The smallest absolute Gasteiger partial charge is 0.194 e. The van der Waals surface area contributed by atoms with E-state index in [1.54, 1.807) is 12.3 Å². The lowest BCUT2D eigenvalue weighted by Gasteiger charge is -2.06. The van der Waals surface area contributed by atoms with Crippen molar-refractivity contribution in [1.82, 2.24) is 4.98 Å². The quantitative estimate of drug-likeness (QED) is 0.510. The SMILES string of the molecule is O=C(c1ccccc1I)c1ccnc2ccccc12. The zero-order valence-electron chi connectivity index (χ0n) is 10.0. The molecule has 3 rings (SSSR count). The number of carbonyl (C=O) groups is 1. The van der Waals surface area contributed by atoms with E-state index in [0.717, 1.165) is 20.0 Å². The minimum atomic E-state index is 0.0450. The monoisotopic (exact) mass is 359 g/mol. The van der Waals surface area contributed by atoms with Crippen molar-refractivity contribution in [3.05, 3.63) is 75.5 Å². The molecule has 19 heavy (non-hydrogen) atoms. The third kappa shape index (κ3) is 2.26. The topological polar surface area (TPSA) is 30.0 Å². The van der Waals surface area contributed by atoms with Gasteiger partial charge < -0.3 is 0 Å². The largest absolute Gasteiger partial charge is 0.289 e. The van der Waals surface area contributed by atoms with Crippen LogP contribution in [0.1, 0.15) is 15.9 Å². The number of hydrogen-bond acceptors (Lipinski definition) is 2. The molecule has 3 aromatic rings. The van der Waals surface area contributed by atoms with Gasteiger partial charge in [-0.2, -0.15) is 0 Å². The minimum absolute atomic E-state index is 0.0450. The molecule has 0 fully saturated rings. The summed E-state index contributed by atoms with van der Waals surface area (Å²) in [6.45, 7) is 0. The molecule has 2 nitrogen and oxygen atoms in total. The lowest BCUT2D eigenvalue weighted by Crippen LogP contribution is -2.04. The van der Waals surface area contributed by atoms with Crippen molar-refractivity contribution in [3.8, 4) is 0 Å². The number of carbonyl (C=O) groups excluding carboxylic acids is 1. The number of aromatic nitrogens is 1. The lowest BCUT2D eigenvalue weighted by atomic mass is 10.00. The highest BCUT2D eigenvalue weighted by Gasteiger charge is 2.14. The van der Waals surface area contributed by atoms with Crippen LogP contribution in [0.25, 0.3) is 10.9 Å². The van der Waals surface area contributed by atoms with Gasteiger partial charge in [-0.25, -0.2) is 0 Å². The molecule has 0 radical (unpaired) electrons. The van der Waals surface area contributed by atoms with Gasteiger partial charge in [-0.05, 0) is 46.9 Å². The number of halogens is 1. The molecule has 2 aromatic carbocycles. The van der Waals surface area contributed by atoms with Crippen LogP contribution in [0.4, 0.5) is 0 Å². The van der Waals surface area contributed by atoms with Gasteiger partial charge in [0, 0.05) is 26.3 Å². The first-order valence-corrected chi connectivity index (χ1v) is 6.98. The maximum atomic E-state index is 12.6. The molecule has 0 atom stereocenters. The van der Waals surface area contributed by atoms with Crippen molar-refractivity contribution >= 4 is 39.3 Å². The Morgan fingerprint density at radius 3 is 2.47 bits per heavy atom. The fraction of sp³-hybridized carbons (Fsp3) is 0. The fourth-order valence-electron chi connectivity index (χ4n) is 2.08. The van der Waals surface area contributed by atoms with Crippen molar-refractivity contribution < 1.29 is 4.79 Å². The summed E-state index contributed by atoms with van der Waals surface area (Å²) in [6.07, 6.45) is 1.69. The molecule has 0 bridgehead atoms. The van der Waals surface area contributed by atoms with E-state index in [0.29, 0.717) is 5.56 Å². The van der Waals surface area contributed by atoms with E-state index in [1.807, 2.05) is 48.5 Å². The first kappa shape index (κ1) is 12.3. The van der Waals surface area contributed by atoms with Crippen molar-refractivity contribution in [3.63, 3.8) is 0 Å². The summed E-state index contributed by atoms with van der Waals surface area (Å²) in [5.74, 6) is 0.0450. The molecule has 0 saturated carbocycles. The molecule has 0 aliphatic rings. The van der Waals surface area contributed by atoms with E-state index in [4.69, 9.17) is 0 Å². The highest BCUT2D eigenvalue weighted by atomic mass is 127. The van der Waals surface area contributed by atoms with Crippen LogP contribution in [-0.4, -0.2) is 10.8 Å². The normalized spacial score (nSPS) is 10.6. The molecule has 3 heteroatoms. The number of nitrogens with zero attached hydrogens (tertiary/aromatic N) is 1. The standard InChI is InChI=1S/C16H10INO/c17-14-7-3-1-6-13(14)16(19)12-9-10-18-15-8-4-2-5-11(12)15/h1-10H. The van der Waals surface area contributed by atoms with Gasteiger partial charge in [0.15, 0.2) is 5.78 Å². The molecule has 1 heterocycles. The van der Waals surface area contributed by atoms with E-state index in [2.05, 4.69) is 27.6 Å². The third-order valence-electron chi connectivity index (χ3n) is 3.01. The highest BCUT2D eigenvalue weighted by Crippen LogP contribution is 2.22. The van der Waals surface area contributed by atoms with Crippen molar-refractivity contribution in [2.75, 3.05) is 0 Å². The number of pyridine rings is 1. The number of rotatable bonds is 2. The average Bonchev–Trinajstić information content (AvgIpc) is 2.46. The molecule has 0 saturated heterocycles. The maximum Gasteiger partial charge on any atom is 0.194 e. The summed E-state index contributed by atoms with van der Waals surface area (Å²) < 4.78 is 0.964. The third-order valence-corrected chi connectivity index (χ3v) is 3.95. The van der Waals surface area contributed by atoms with Gasteiger partial charge in [0.2, 0.25) is 0 Å². The second-order valence-electron chi connectivity index (χ2n) is 4.18. The highest BCUT2D eigenvalue weighted by molar-refractivity contribution is 14.1. The van der Waals surface area contributed by atoms with Gasteiger partial charge in [0.1, 0.15) is 0 Å². The summed E-state index contributed by atoms with van der Waals surface area (Å²) in [7, 11) is 0. The summed E-state index contributed by atoms with van der Waals surface area (Å²) in [5, 5.41) is 0.898. The number of hydrogen-bond donors (Lipinski definition) is 0. The van der Waals surface area contributed by atoms with E-state index in [-0.39, 0.29) is 5.78 Å². The molecule has 0 aliphatic heterocycles. The Bertz CT molecular complexity index is 762. The summed E-state index contributed by atoms with van der Waals surface area (Å²) in [5.41, 5.74) is 2.29. The Kier molecular flexibility index (Phi) is 3.29. The average molecular weight is 359 g/mol. The molecule has 1 aromatic heterocycles. The van der Waals surface area contributed by atoms with Gasteiger partial charge in [0.05, 0.1) is 5.52 Å². The molecule has 92 valence electrons. The van der Waals surface area contributed by atoms with Gasteiger partial charge in [-0.3, -0.25) is 9.78 Å². The van der Waals surface area contributed by atoms with Crippen molar-refractivity contribution in [2.24, 2.45) is 0 Å². The Balaban J connectivity index is 2.20. The number of ketones is 1. The van der Waals surface area contributed by atoms with Gasteiger partial charge >= 0.3 is 0 Å². The minimum Gasteiger partial charge on any atom is -0.289 e. The maximum absolute atomic E-state index is 12.6. The van der Waals surface area contributed by atoms with Crippen LogP contribution in [0, 0.1) is 3.57 Å². The molecule has 0 aliphatic carbocycles. The van der Waals surface area contributed by atoms with Gasteiger partial charge in [-0.1, -0.05) is 30.3 Å². The first-order chi connectivity index (χ1) is 9.27. The Hall–Kier alpha value is -1.75. The van der Waals surface area contributed by atoms with Crippen LogP contribution < -0.4 is 0 Å².